The van der Waals surface area contributed by atoms with Crippen LogP contribution < -0.4 is 5.32 Å². The number of phenols is 1. The van der Waals surface area contributed by atoms with Crippen LogP contribution in [0.25, 0.3) is 0 Å². The second-order valence-corrected chi connectivity index (χ2v) is 5.69. The molecular formula is C16H17NO4. The molecule has 0 aliphatic heterocycles. The summed E-state index contributed by atoms with van der Waals surface area (Å²) in [4.78, 5) is 24.0. The number of carbonyl (C=O) groups excluding carboxylic acids is 1. The monoisotopic (exact) mass is 287 g/mol. The molecule has 21 heavy (non-hydrogen) atoms. The number of hydrogen-bond acceptors (Lipinski definition) is 3. The molecule has 1 aromatic rings. The summed E-state index contributed by atoms with van der Waals surface area (Å²) >= 11 is 0. The quantitative estimate of drug-likeness (QED) is 0.588. The number of benzene rings is 1. The normalized spacial score (nSPS) is 30.1. The number of carboxylic acids is 1. The van der Waals surface area contributed by atoms with Gasteiger partial charge in [0.15, 0.2) is 0 Å². The Labute approximate surface area is 122 Å². The molecule has 1 amide bonds. The minimum absolute atomic E-state index is 0.0192. The lowest BCUT2D eigenvalue weighted by molar-refractivity contribution is -0.151. The van der Waals surface area contributed by atoms with Crippen molar-refractivity contribution in [2.24, 2.45) is 23.7 Å². The topological polar surface area (TPSA) is 86.6 Å². The number of anilines is 1. The third-order valence-corrected chi connectivity index (χ3v) is 4.50. The standard InChI is InChI=1S/C16H17NO4/c18-12-4-2-1-3-11(12)17-15(19)13-9-5-7-10(8-6-9)14(13)16(20)21/h1-5,7,9-10,13-14,18H,6,8H2,(H,17,19)(H,20,21). The van der Waals surface area contributed by atoms with Gasteiger partial charge in [0.2, 0.25) is 5.91 Å². The molecule has 0 saturated heterocycles. The molecule has 3 aliphatic rings. The van der Waals surface area contributed by atoms with Crippen LogP contribution in [0.4, 0.5) is 5.69 Å². The highest BCUT2D eigenvalue weighted by Gasteiger charge is 2.48. The highest BCUT2D eigenvalue weighted by Crippen LogP contribution is 2.45. The third kappa shape index (κ3) is 2.39. The lowest BCUT2D eigenvalue weighted by Crippen LogP contribution is -2.47. The van der Waals surface area contributed by atoms with Crippen molar-refractivity contribution in [1.82, 2.24) is 0 Å². The summed E-state index contributed by atoms with van der Waals surface area (Å²) < 4.78 is 0. The van der Waals surface area contributed by atoms with Gasteiger partial charge in [0.05, 0.1) is 17.5 Å². The van der Waals surface area contributed by atoms with E-state index in [1.807, 2.05) is 12.2 Å². The molecule has 1 fully saturated rings. The number of allylic oxidation sites excluding steroid dienone is 2. The van der Waals surface area contributed by atoms with Gasteiger partial charge in [-0.3, -0.25) is 9.59 Å². The van der Waals surface area contributed by atoms with Gasteiger partial charge in [0.25, 0.3) is 0 Å². The van der Waals surface area contributed by atoms with Crippen molar-refractivity contribution in [1.29, 1.82) is 0 Å². The van der Waals surface area contributed by atoms with Crippen LogP contribution in [0, 0.1) is 23.7 Å². The van der Waals surface area contributed by atoms with Crippen molar-refractivity contribution >= 4 is 17.6 Å². The fourth-order valence-corrected chi connectivity index (χ4v) is 3.48. The van der Waals surface area contributed by atoms with Gasteiger partial charge in [0.1, 0.15) is 5.75 Å². The summed E-state index contributed by atoms with van der Waals surface area (Å²) in [6.07, 6.45) is 5.54. The predicted octanol–water partition coefficient (Wildman–Crippen LogP) is 2.24. The minimum Gasteiger partial charge on any atom is -0.506 e. The molecule has 0 radical (unpaired) electrons. The van der Waals surface area contributed by atoms with E-state index in [1.54, 1.807) is 18.2 Å². The number of carboxylic acid groups (broad SMARTS) is 1. The largest absolute Gasteiger partial charge is 0.506 e. The van der Waals surface area contributed by atoms with E-state index in [9.17, 15) is 19.8 Å². The first-order valence-corrected chi connectivity index (χ1v) is 7.08. The number of rotatable bonds is 3. The van der Waals surface area contributed by atoms with Crippen LogP contribution in [0.1, 0.15) is 12.8 Å². The molecule has 1 aromatic carbocycles. The van der Waals surface area contributed by atoms with Crippen molar-refractivity contribution in [2.75, 3.05) is 5.32 Å². The molecule has 4 rings (SSSR count). The number of hydrogen-bond donors (Lipinski definition) is 3. The van der Waals surface area contributed by atoms with E-state index in [0.717, 1.165) is 12.8 Å². The molecule has 1 saturated carbocycles. The van der Waals surface area contributed by atoms with Crippen molar-refractivity contribution in [3.8, 4) is 5.75 Å². The number of para-hydroxylation sites is 2. The van der Waals surface area contributed by atoms with Crippen LogP contribution in [0.3, 0.4) is 0 Å². The third-order valence-electron chi connectivity index (χ3n) is 4.50. The van der Waals surface area contributed by atoms with E-state index < -0.39 is 17.8 Å². The van der Waals surface area contributed by atoms with Crippen molar-refractivity contribution < 1.29 is 19.8 Å². The SMILES string of the molecule is O=C(O)C1C2C=CC(CC2)C1C(=O)Nc1ccccc1O. The van der Waals surface area contributed by atoms with Gasteiger partial charge in [-0.2, -0.15) is 0 Å². The first kappa shape index (κ1) is 13.7. The molecular weight excluding hydrogens is 270 g/mol. The van der Waals surface area contributed by atoms with E-state index >= 15 is 0 Å². The van der Waals surface area contributed by atoms with Gasteiger partial charge in [-0.05, 0) is 36.8 Å². The van der Waals surface area contributed by atoms with Gasteiger partial charge in [-0.15, -0.1) is 0 Å². The van der Waals surface area contributed by atoms with E-state index in [-0.39, 0.29) is 23.5 Å². The highest BCUT2D eigenvalue weighted by molar-refractivity contribution is 5.97. The van der Waals surface area contributed by atoms with E-state index in [1.165, 1.54) is 6.07 Å². The molecule has 3 N–H and O–H groups in total. The fraction of sp³-hybridized carbons (Fsp3) is 0.375. The average molecular weight is 287 g/mol. The van der Waals surface area contributed by atoms with Gasteiger partial charge in [-0.25, -0.2) is 0 Å². The summed E-state index contributed by atoms with van der Waals surface area (Å²) in [6.45, 7) is 0. The second kappa shape index (κ2) is 5.24. The summed E-state index contributed by atoms with van der Waals surface area (Å²) in [6, 6.07) is 6.45. The molecule has 0 aromatic heterocycles. The van der Waals surface area contributed by atoms with E-state index in [2.05, 4.69) is 5.32 Å². The number of aliphatic carboxylic acids is 1. The summed E-state index contributed by atoms with van der Waals surface area (Å²) in [5, 5.41) is 21.8. The zero-order chi connectivity index (χ0) is 15.0. The first-order valence-electron chi connectivity index (χ1n) is 7.08. The Morgan fingerprint density at radius 3 is 2.24 bits per heavy atom. The summed E-state index contributed by atoms with van der Waals surface area (Å²) in [5.74, 6) is -2.65. The lowest BCUT2D eigenvalue weighted by atomic mass is 9.62. The van der Waals surface area contributed by atoms with Crippen molar-refractivity contribution in [3.63, 3.8) is 0 Å². The highest BCUT2D eigenvalue weighted by atomic mass is 16.4. The van der Waals surface area contributed by atoms with E-state index in [4.69, 9.17) is 0 Å². The number of carbonyl (C=O) groups is 2. The molecule has 4 unspecified atom stereocenters. The average Bonchev–Trinajstić information content (AvgIpc) is 2.49. The molecule has 0 spiro atoms. The number of nitrogens with one attached hydrogen (secondary N) is 1. The van der Waals surface area contributed by atoms with Gasteiger partial charge in [0, 0.05) is 0 Å². The summed E-state index contributed by atoms with van der Waals surface area (Å²) in [5.41, 5.74) is 0.317. The van der Waals surface area contributed by atoms with Gasteiger partial charge >= 0.3 is 5.97 Å². The Bertz CT molecular complexity index is 610. The number of phenolic OH excluding ortho intramolecular Hbond substituents is 1. The van der Waals surface area contributed by atoms with Crippen LogP contribution in [-0.2, 0) is 9.59 Å². The maximum atomic E-state index is 12.5. The Hall–Kier alpha value is -2.30. The van der Waals surface area contributed by atoms with Gasteiger partial charge in [-0.1, -0.05) is 24.3 Å². The van der Waals surface area contributed by atoms with Crippen LogP contribution in [0.2, 0.25) is 0 Å². The number of fused-ring (bicyclic) bond motifs is 2. The molecule has 0 heterocycles. The van der Waals surface area contributed by atoms with Crippen LogP contribution in [0.15, 0.2) is 36.4 Å². The van der Waals surface area contributed by atoms with Crippen LogP contribution >= 0.6 is 0 Å². The first-order chi connectivity index (χ1) is 10.1. The number of aromatic hydroxyl groups is 1. The molecule has 3 aliphatic carbocycles. The maximum absolute atomic E-state index is 12.5. The molecule has 5 heteroatoms. The molecule has 4 atom stereocenters. The van der Waals surface area contributed by atoms with Gasteiger partial charge < -0.3 is 15.5 Å². The Balaban J connectivity index is 1.85. The minimum atomic E-state index is -0.925. The predicted molar refractivity (Wildman–Crippen MR) is 76.7 cm³/mol. The molecule has 5 nitrogen and oxygen atoms in total. The molecule has 110 valence electrons. The summed E-state index contributed by atoms with van der Waals surface area (Å²) in [7, 11) is 0. The van der Waals surface area contributed by atoms with Crippen LogP contribution in [0.5, 0.6) is 5.75 Å². The maximum Gasteiger partial charge on any atom is 0.307 e. The fourth-order valence-electron chi connectivity index (χ4n) is 3.48. The Kier molecular flexibility index (Phi) is 3.41. The smallest absolute Gasteiger partial charge is 0.307 e. The zero-order valence-electron chi connectivity index (χ0n) is 11.4. The zero-order valence-corrected chi connectivity index (χ0v) is 11.4. The lowest BCUT2D eigenvalue weighted by Gasteiger charge is -2.41. The number of amides is 1. The van der Waals surface area contributed by atoms with Crippen molar-refractivity contribution in [3.05, 3.63) is 36.4 Å². The van der Waals surface area contributed by atoms with E-state index in [0.29, 0.717) is 5.69 Å². The Morgan fingerprint density at radius 2 is 1.67 bits per heavy atom. The molecule has 2 bridgehead atoms. The second-order valence-electron chi connectivity index (χ2n) is 5.69. The van der Waals surface area contributed by atoms with Crippen molar-refractivity contribution in [2.45, 2.75) is 12.8 Å². The van der Waals surface area contributed by atoms with Crippen LogP contribution in [-0.4, -0.2) is 22.1 Å². The Morgan fingerprint density at radius 1 is 1.05 bits per heavy atom.